The third-order valence-corrected chi connectivity index (χ3v) is 6.22. The zero-order chi connectivity index (χ0) is 18.6. The molecule has 0 amide bonds. The molecule has 0 atom stereocenters. The summed E-state index contributed by atoms with van der Waals surface area (Å²) in [4.78, 5) is 5.08. The maximum absolute atomic E-state index is 5.08. The molecule has 1 nitrogen and oxygen atoms in total. The second-order valence-electron chi connectivity index (χ2n) is 7.67. The summed E-state index contributed by atoms with van der Waals surface area (Å²) in [5.41, 5.74) is 14.4. The Morgan fingerprint density at radius 3 is 1.64 bits per heavy atom. The highest BCUT2D eigenvalue weighted by molar-refractivity contribution is 6.02. The molecule has 0 bridgehead atoms. The monoisotopic (exact) mass is 331 g/mol. The number of benzene rings is 2. The van der Waals surface area contributed by atoms with Crippen LogP contribution in [0, 0.1) is 62.3 Å². The first-order chi connectivity index (χ1) is 11.6. The lowest BCUT2D eigenvalue weighted by Gasteiger charge is -2.21. The molecule has 0 radical (unpaired) electrons. The van der Waals surface area contributed by atoms with E-state index in [1.54, 1.807) is 0 Å². The summed E-state index contributed by atoms with van der Waals surface area (Å²) in [6.45, 7) is 19.9. The van der Waals surface area contributed by atoms with Crippen LogP contribution >= 0.6 is 0 Å². The minimum absolute atomic E-state index is 1.13. The number of rotatable bonds is 1. The molecule has 3 aromatic rings. The van der Waals surface area contributed by atoms with Crippen molar-refractivity contribution < 1.29 is 0 Å². The number of nitrogens with zero attached hydrogens (tertiary/aromatic N) is 1. The lowest BCUT2D eigenvalue weighted by atomic mass is 9.86. The molecule has 3 rings (SSSR count). The third-order valence-electron chi connectivity index (χ3n) is 6.22. The molecule has 0 saturated heterocycles. The second-order valence-corrected chi connectivity index (χ2v) is 7.67. The van der Waals surface area contributed by atoms with Crippen molar-refractivity contribution in [3.05, 3.63) is 62.3 Å². The average molecular weight is 332 g/mol. The first-order valence-electron chi connectivity index (χ1n) is 9.10. The standard InChI is InChI=1S/C24H29N/c1-12-10-14(3)21(11-13(12)2)24-23-18(7)16(5)15(4)17(6)22(23)19(8)20(9)25-24/h10-11H,1-9H3. The van der Waals surface area contributed by atoms with Crippen molar-refractivity contribution in [2.24, 2.45) is 0 Å². The number of hydrogen-bond donors (Lipinski definition) is 0. The van der Waals surface area contributed by atoms with Gasteiger partial charge in [-0.15, -0.1) is 0 Å². The lowest BCUT2D eigenvalue weighted by Crippen LogP contribution is -2.03. The second kappa shape index (κ2) is 5.98. The van der Waals surface area contributed by atoms with E-state index in [4.69, 9.17) is 4.98 Å². The summed E-state index contributed by atoms with van der Waals surface area (Å²) >= 11 is 0. The van der Waals surface area contributed by atoms with E-state index in [0.29, 0.717) is 0 Å². The highest BCUT2D eigenvalue weighted by Crippen LogP contribution is 2.39. The summed E-state index contributed by atoms with van der Waals surface area (Å²) in [7, 11) is 0. The quantitative estimate of drug-likeness (QED) is 0.485. The number of aryl methyl sites for hydroxylation is 7. The molecule has 1 heterocycles. The van der Waals surface area contributed by atoms with E-state index in [1.807, 2.05) is 0 Å². The van der Waals surface area contributed by atoms with Crippen LogP contribution in [0.2, 0.25) is 0 Å². The number of hydrogen-bond acceptors (Lipinski definition) is 1. The van der Waals surface area contributed by atoms with Crippen LogP contribution in [-0.2, 0) is 0 Å². The van der Waals surface area contributed by atoms with Crippen LogP contribution in [0.4, 0.5) is 0 Å². The van der Waals surface area contributed by atoms with Crippen molar-refractivity contribution in [1.82, 2.24) is 4.98 Å². The van der Waals surface area contributed by atoms with Gasteiger partial charge in [-0.3, -0.25) is 4.98 Å². The van der Waals surface area contributed by atoms with Gasteiger partial charge in [-0.1, -0.05) is 6.07 Å². The van der Waals surface area contributed by atoms with Crippen LogP contribution < -0.4 is 0 Å². The molecule has 0 unspecified atom stereocenters. The Kier molecular flexibility index (Phi) is 4.23. The van der Waals surface area contributed by atoms with Crippen LogP contribution in [-0.4, -0.2) is 4.98 Å². The van der Waals surface area contributed by atoms with E-state index >= 15 is 0 Å². The van der Waals surface area contributed by atoms with Gasteiger partial charge in [-0.05, 0) is 118 Å². The Morgan fingerprint density at radius 1 is 0.520 bits per heavy atom. The van der Waals surface area contributed by atoms with Crippen LogP contribution in [0.1, 0.15) is 50.2 Å². The molecule has 1 aromatic heterocycles. The molecule has 25 heavy (non-hydrogen) atoms. The van der Waals surface area contributed by atoms with Gasteiger partial charge in [-0.25, -0.2) is 0 Å². The number of pyridine rings is 1. The van der Waals surface area contributed by atoms with Gasteiger partial charge in [0.05, 0.1) is 5.69 Å². The molecular formula is C24H29N. The zero-order valence-corrected chi connectivity index (χ0v) is 17.1. The first kappa shape index (κ1) is 17.7. The van der Waals surface area contributed by atoms with E-state index in [1.165, 1.54) is 60.8 Å². The molecule has 0 fully saturated rings. The molecule has 0 aliphatic heterocycles. The van der Waals surface area contributed by atoms with Gasteiger partial charge in [0.25, 0.3) is 0 Å². The lowest BCUT2D eigenvalue weighted by molar-refractivity contribution is 1.15. The maximum atomic E-state index is 5.08. The fraction of sp³-hybridized carbons (Fsp3) is 0.375. The van der Waals surface area contributed by atoms with Gasteiger partial charge in [0.15, 0.2) is 0 Å². The van der Waals surface area contributed by atoms with E-state index in [0.717, 1.165) is 11.4 Å². The summed E-state index contributed by atoms with van der Waals surface area (Å²) in [5.74, 6) is 0. The molecule has 0 aliphatic carbocycles. The van der Waals surface area contributed by atoms with Crippen molar-refractivity contribution in [3.8, 4) is 11.3 Å². The molecule has 1 heteroatoms. The van der Waals surface area contributed by atoms with Crippen LogP contribution in [0.3, 0.4) is 0 Å². The van der Waals surface area contributed by atoms with E-state index in [9.17, 15) is 0 Å². The van der Waals surface area contributed by atoms with Gasteiger partial charge < -0.3 is 0 Å². The predicted octanol–water partition coefficient (Wildman–Crippen LogP) is 6.68. The Labute approximate surface area is 152 Å². The van der Waals surface area contributed by atoms with Crippen LogP contribution in [0.5, 0.6) is 0 Å². The van der Waals surface area contributed by atoms with Crippen molar-refractivity contribution in [2.45, 2.75) is 62.3 Å². The summed E-state index contributed by atoms with van der Waals surface area (Å²) < 4.78 is 0. The molecule has 130 valence electrons. The van der Waals surface area contributed by atoms with Gasteiger partial charge in [0.1, 0.15) is 0 Å². The Morgan fingerprint density at radius 2 is 1.04 bits per heavy atom. The smallest absolute Gasteiger partial charge is 0.0789 e. The minimum atomic E-state index is 1.13. The normalized spacial score (nSPS) is 11.4. The fourth-order valence-electron chi connectivity index (χ4n) is 3.98. The predicted molar refractivity (Wildman–Crippen MR) is 110 cm³/mol. The molecule has 0 aliphatic rings. The highest BCUT2D eigenvalue weighted by Gasteiger charge is 2.19. The van der Waals surface area contributed by atoms with Crippen LogP contribution in [0.15, 0.2) is 12.1 Å². The highest BCUT2D eigenvalue weighted by atomic mass is 14.7. The molecule has 0 spiro atoms. The maximum Gasteiger partial charge on any atom is 0.0789 e. The molecule has 0 N–H and O–H groups in total. The summed E-state index contributed by atoms with van der Waals surface area (Å²) in [6, 6.07) is 4.60. The number of fused-ring (bicyclic) bond motifs is 1. The summed E-state index contributed by atoms with van der Waals surface area (Å²) in [6.07, 6.45) is 0. The van der Waals surface area contributed by atoms with Gasteiger partial charge in [-0.2, -0.15) is 0 Å². The Balaban J connectivity index is 2.58. The molecule has 2 aromatic carbocycles. The molecule has 0 saturated carbocycles. The Hall–Kier alpha value is -2.15. The zero-order valence-electron chi connectivity index (χ0n) is 17.1. The average Bonchev–Trinajstić information content (AvgIpc) is 2.56. The van der Waals surface area contributed by atoms with Crippen molar-refractivity contribution >= 4 is 10.8 Å². The van der Waals surface area contributed by atoms with Gasteiger partial charge in [0, 0.05) is 16.6 Å². The van der Waals surface area contributed by atoms with Gasteiger partial charge in [0.2, 0.25) is 0 Å². The third kappa shape index (κ3) is 2.57. The SMILES string of the molecule is Cc1cc(C)c(-c2nc(C)c(C)c3c(C)c(C)c(C)c(C)c23)cc1C. The topological polar surface area (TPSA) is 12.9 Å². The Bertz CT molecular complexity index is 1020. The first-order valence-corrected chi connectivity index (χ1v) is 9.10. The van der Waals surface area contributed by atoms with E-state index in [-0.39, 0.29) is 0 Å². The van der Waals surface area contributed by atoms with Crippen LogP contribution in [0.25, 0.3) is 22.0 Å². The summed E-state index contributed by atoms with van der Waals surface area (Å²) in [5, 5.41) is 2.72. The largest absolute Gasteiger partial charge is 0.252 e. The number of aromatic nitrogens is 1. The van der Waals surface area contributed by atoms with Crippen molar-refractivity contribution in [2.75, 3.05) is 0 Å². The van der Waals surface area contributed by atoms with Crippen molar-refractivity contribution in [1.29, 1.82) is 0 Å². The minimum Gasteiger partial charge on any atom is -0.252 e. The fourth-order valence-corrected chi connectivity index (χ4v) is 3.98. The molecular weight excluding hydrogens is 302 g/mol. The van der Waals surface area contributed by atoms with Crippen molar-refractivity contribution in [3.63, 3.8) is 0 Å². The van der Waals surface area contributed by atoms with E-state index < -0.39 is 0 Å². The van der Waals surface area contributed by atoms with Gasteiger partial charge >= 0.3 is 0 Å². The van der Waals surface area contributed by atoms with E-state index in [2.05, 4.69) is 74.4 Å².